The molecule has 2 rings (SSSR count). The van der Waals surface area contributed by atoms with Gasteiger partial charge in [0, 0.05) is 12.1 Å². The minimum atomic E-state index is -0.987. The summed E-state index contributed by atoms with van der Waals surface area (Å²) in [6.45, 7) is 0. The number of pyridine rings is 1. The number of benzene rings is 1. The second-order valence-corrected chi connectivity index (χ2v) is 4.06. The van der Waals surface area contributed by atoms with Crippen LogP contribution < -0.4 is 4.74 Å². The van der Waals surface area contributed by atoms with Gasteiger partial charge in [0.25, 0.3) is 0 Å². The van der Waals surface area contributed by atoms with Gasteiger partial charge in [-0.15, -0.1) is 11.6 Å². The lowest BCUT2D eigenvalue weighted by atomic mass is 10.3. The fourth-order valence-corrected chi connectivity index (χ4v) is 1.72. The van der Waals surface area contributed by atoms with E-state index in [-0.39, 0.29) is 17.5 Å². The average Bonchev–Trinajstić information content (AvgIpc) is 2.36. The van der Waals surface area contributed by atoms with E-state index in [4.69, 9.17) is 27.9 Å². The normalized spacial score (nSPS) is 10.4. The smallest absolute Gasteiger partial charge is 0.219 e. The van der Waals surface area contributed by atoms with E-state index in [0.717, 1.165) is 12.1 Å². The lowest BCUT2D eigenvalue weighted by molar-refractivity contribution is 0.446. The van der Waals surface area contributed by atoms with Crippen molar-refractivity contribution in [3.8, 4) is 11.6 Å². The first-order valence-corrected chi connectivity index (χ1v) is 5.85. The molecule has 0 bridgehead atoms. The zero-order chi connectivity index (χ0) is 13.1. The van der Waals surface area contributed by atoms with Crippen molar-refractivity contribution in [1.82, 2.24) is 4.98 Å². The van der Waals surface area contributed by atoms with Crippen molar-refractivity contribution in [2.24, 2.45) is 0 Å². The van der Waals surface area contributed by atoms with Gasteiger partial charge in [0.15, 0.2) is 11.6 Å². The van der Waals surface area contributed by atoms with Gasteiger partial charge in [-0.2, -0.15) is 0 Å². The zero-order valence-corrected chi connectivity index (χ0v) is 10.5. The molecule has 0 saturated carbocycles. The molecule has 0 saturated heterocycles. The van der Waals surface area contributed by atoms with E-state index in [1.165, 1.54) is 12.1 Å². The molecule has 1 aromatic heterocycles. The van der Waals surface area contributed by atoms with Crippen LogP contribution in [0.5, 0.6) is 11.6 Å². The molecule has 94 valence electrons. The Morgan fingerprint density at radius 3 is 2.56 bits per heavy atom. The molecule has 0 fully saturated rings. The van der Waals surface area contributed by atoms with Gasteiger partial charge < -0.3 is 4.74 Å². The summed E-state index contributed by atoms with van der Waals surface area (Å²) in [5.74, 6) is -1.44. The van der Waals surface area contributed by atoms with Crippen molar-refractivity contribution in [1.29, 1.82) is 0 Å². The maximum atomic E-state index is 13.0. The molecular formula is C12H7Cl2F2NO. The molecule has 0 aliphatic carbocycles. The van der Waals surface area contributed by atoms with Crippen molar-refractivity contribution >= 4 is 23.2 Å². The number of halogens is 4. The molecule has 18 heavy (non-hydrogen) atoms. The fourth-order valence-electron chi connectivity index (χ4n) is 1.28. The Hall–Kier alpha value is -1.39. The van der Waals surface area contributed by atoms with E-state index < -0.39 is 11.6 Å². The van der Waals surface area contributed by atoms with Crippen LogP contribution in [0.3, 0.4) is 0 Å². The lowest BCUT2D eigenvalue weighted by Crippen LogP contribution is -1.93. The molecule has 2 aromatic rings. The summed E-state index contributed by atoms with van der Waals surface area (Å²) in [7, 11) is 0. The van der Waals surface area contributed by atoms with Crippen molar-refractivity contribution < 1.29 is 13.5 Å². The van der Waals surface area contributed by atoms with Gasteiger partial charge in [-0.3, -0.25) is 0 Å². The molecule has 0 atom stereocenters. The SMILES string of the molecule is Fc1ccc(Oc2ccc(Cl)c(CCl)n2)cc1F. The Morgan fingerprint density at radius 2 is 1.89 bits per heavy atom. The van der Waals surface area contributed by atoms with Crippen LogP contribution in [0.15, 0.2) is 30.3 Å². The fraction of sp³-hybridized carbons (Fsp3) is 0.0833. The molecule has 1 heterocycles. The summed E-state index contributed by atoms with van der Waals surface area (Å²) in [6.07, 6.45) is 0. The largest absolute Gasteiger partial charge is 0.439 e. The van der Waals surface area contributed by atoms with Gasteiger partial charge in [-0.25, -0.2) is 13.8 Å². The van der Waals surface area contributed by atoms with E-state index >= 15 is 0 Å². The highest BCUT2D eigenvalue weighted by Gasteiger charge is 2.07. The highest BCUT2D eigenvalue weighted by atomic mass is 35.5. The van der Waals surface area contributed by atoms with E-state index in [9.17, 15) is 8.78 Å². The molecule has 6 heteroatoms. The first-order chi connectivity index (χ1) is 8.60. The highest BCUT2D eigenvalue weighted by molar-refractivity contribution is 6.32. The Morgan fingerprint density at radius 1 is 1.11 bits per heavy atom. The van der Waals surface area contributed by atoms with Crippen LogP contribution in [0.2, 0.25) is 5.02 Å². The summed E-state index contributed by atoms with van der Waals surface area (Å²) in [5.41, 5.74) is 0.457. The predicted octanol–water partition coefficient (Wildman–Crippen LogP) is 4.54. The topological polar surface area (TPSA) is 22.1 Å². The summed E-state index contributed by atoms with van der Waals surface area (Å²) in [5, 5.41) is 0.419. The monoisotopic (exact) mass is 289 g/mol. The number of nitrogens with zero attached hydrogens (tertiary/aromatic N) is 1. The van der Waals surface area contributed by atoms with Crippen LogP contribution in [0.1, 0.15) is 5.69 Å². The molecule has 0 amide bonds. The van der Waals surface area contributed by atoms with Gasteiger partial charge in [0.05, 0.1) is 16.6 Å². The molecule has 0 aliphatic rings. The first kappa shape index (κ1) is 13.1. The zero-order valence-electron chi connectivity index (χ0n) is 8.96. The molecule has 1 aromatic carbocycles. The predicted molar refractivity (Wildman–Crippen MR) is 65.2 cm³/mol. The van der Waals surface area contributed by atoms with E-state index in [2.05, 4.69) is 4.98 Å². The number of alkyl halides is 1. The molecule has 0 unspecified atom stereocenters. The molecule has 0 N–H and O–H groups in total. The Bertz CT molecular complexity index is 578. The maximum absolute atomic E-state index is 13.0. The lowest BCUT2D eigenvalue weighted by Gasteiger charge is -2.07. The van der Waals surface area contributed by atoms with E-state index in [1.807, 2.05) is 0 Å². The molecule has 0 spiro atoms. The van der Waals surface area contributed by atoms with Gasteiger partial charge >= 0.3 is 0 Å². The van der Waals surface area contributed by atoms with Gasteiger partial charge in [0.2, 0.25) is 5.88 Å². The Labute approximate surface area is 112 Å². The quantitative estimate of drug-likeness (QED) is 0.774. The standard InChI is InChI=1S/C12H7Cl2F2NO/c13-6-11-8(14)2-4-12(17-11)18-7-1-3-9(15)10(16)5-7/h1-5H,6H2. The summed E-state index contributed by atoms with van der Waals surface area (Å²) in [4.78, 5) is 4.04. The minimum Gasteiger partial charge on any atom is -0.439 e. The Kier molecular flexibility index (Phi) is 3.99. The number of rotatable bonds is 3. The highest BCUT2D eigenvalue weighted by Crippen LogP contribution is 2.25. The number of aromatic nitrogens is 1. The summed E-state index contributed by atoms with van der Waals surface area (Å²) >= 11 is 11.5. The number of hydrogen-bond acceptors (Lipinski definition) is 2. The second-order valence-electron chi connectivity index (χ2n) is 3.39. The summed E-state index contributed by atoms with van der Waals surface area (Å²) in [6, 6.07) is 6.30. The van der Waals surface area contributed by atoms with E-state index in [1.54, 1.807) is 6.07 Å². The van der Waals surface area contributed by atoms with Crippen molar-refractivity contribution in [3.05, 3.63) is 52.7 Å². The van der Waals surface area contributed by atoms with Crippen LogP contribution >= 0.6 is 23.2 Å². The second kappa shape index (κ2) is 5.50. The third-order valence-electron chi connectivity index (χ3n) is 2.13. The molecule has 0 radical (unpaired) electrons. The third-order valence-corrected chi connectivity index (χ3v) is 2.73. The van der Waals surface area contributed by atoms with Crippen LogP contribution in [0.4, 0.5) is 8.78 Å². The van der Waals surface area contributed by atoms with E-state index in [0.29, 0.717) is 10.7 Å². The van der Waals surface area contributed by atoms with Crippen LogP contribution in [0, 0.1) is 11.6 Å². The number of hydrogen-bond donors (Lipinski definition) is 0. The van der Waals surface area contributed by atoms with Gasteiger partial charge in [-0.05, 0) is 18.2 Å². The van der Waals surface area contributed by atoms with Gasteiger partial charge in [-0.1, -0.05) is 11.6 Å². The van der Waals surface area contributed by atoms with Crippen molar-refractivity contribution in [2.75, 3.05) is 0 Å². The molecule has 2 nitrogen and oxygen atoms in total. The molecule has 0 aliphatic heterocycles. The molecular weight excluding hydrogens is 283 g/mol. The van der Waals surface area contributed by atoms with Crippen LogP contribution in [-0.2, 0) is 5.88 Å². The number of ether oxygens (including phenoxy) is 1. The first-order valence-electron chi connectivity index (χ1n) is 4.94. The third kappa shape index (κ3) is 2.89. The van der Waals surface area contributed by atoms with Crippen LogP contribution in [-0.4, -0.2) is 4.98 Å². The summed E-state index contributed by atoms with van der Waals surface area (Å²) < 4.78 is 31.0. The average molecular weight is 290 g/mol. The van der Waals surface area contributed by atoms with Crippen molar-refractivity contribution in [2.45, 2.75) is 5.88 Å². The van der Waals surface area contributed by atoms with Crippen molar-refractivity contribution in [3.63, 3.8) is 0 Å². The minimum absolute atomic E-state index is 0.133. The van der Waals surface area contributed by atoms with Gasteiger partial charge in [0.1, 0.15) is 5.75 Å². The Balaban J connectivity index is 2.25. The van der Waals surface area contributed by atoms with Crippen LogP contribution in [0.25, 0.3) is 0 Å². The maximum Gasteiger partial charge on any atom is 0.219 e.